The lowest BCUT2D eigenvalue weighted by atomic mass is 9.98. The van der Waals surface area contributed by atoms with Crippen LogP contribution in [-0.4, -0.2) is 49.4 Å². The smallest absolute Gasteiger partial charge is 0.307 e. The van der Waals surface area contributed by atoms with Gasteiger partial charge in [-0.05, 0) is 37.1 Å². The van der Waals surface area contributed by atoms with Crippen LogP contribution >= 0.6 is 0 Å². The fourth-order valence-corrected chi connectivity index (χ4v) is 2.59. The van der Waals surface area contributed by atoms with E-state index in [1.807, 2.05) is 24.3 Å². The quantitative estimate of drug-likeness (QED) is 0.779. The van der Waals surface area contributed by atoms with Crippen molar-refractivity contribution < 1.29 is 19.4 Å². The van der Waals surface area contributed by atoms with Gasteiger partial charge in [-0.15, -0.1) is 0 Å². The van der Waals surface area contributed by atoms with Gasteiger partial charge in [0.05, 0.1) is 12.5 Å². The van der Waals surface area contributed by atoms with Crippen molar-refractivity contribution in [2.24, 2.45) is 5.92 Å². The maximum absolute atomic E-state index is 11.1. The lowest BCUT2D eigenvalue weighted by Gasteiger charge is -2.30. The van der Waals surface area contributed by atoms with Gasteiger partial charge >= 0.3 is 5.97 Å². The zero-order valence-corrected chi connectivity index (χ0v) is 12.5. The summed E-state index contributed by atoms with van der Waals surface area (Å²) in [6.07, 6.45) is 1.74. The van der Waals surface area contributed by atoms with Crippen molar-refractivity contribution in [3.05, 3.63) is 29.8 Å². The fraction of sp³-hybridized carbons (Fsp3) is 0.562. The molecule has 1 aliphatic heterocycles. The lowest BCUT2D eigenvalue weighted by Crippen LogP contribution is -2.38. The SMILES string of the molecule is COCCOc1ccc(CN2CCCC(C(=O)O)C2)cc1. The van der Waals surface area contributed by atoms with Crippen LogP contribution in [0.2, 0.25) is 0 Å². The molecule has 5 nitrogen and oxygen atoms in total. The minimum absolute atomic E-state index is 0.226. The van der Waals surface area contributed by atoms with Gasteiger partial charge in [0.25, 0.3) is 0 Å². The molecule has 0 aromatic heterocycles. The molecular weight excluding hydrogens is 270 g/mol. The monoisotopic (exact) mass is 293 g/mol. The van der Waals surface area contributed by atoms with Crippen molar-refractivity contribution in [2.45, 2.75) is 19.4 Å². The zero-order valence-electron chi connectivity index (χ0n) is 12.5. The molecule has 0 aliphatic carbocycles. The van der Waals surface area contributed by atoms with Gasteiger partial charge in [0, 0.05) is 20.2 Å². The van der Waals surface area contributed by atoms with Crippen LogP contribution in [0.15, 0.2) is 24.3 Å². The van der Waals surface area contributed by atoms with Crippen LogP contribution in [0.3, 0.4) is 0 Å². The van der Waals surface area contributed by atoms with Crippen molar-refractivity contribution in [3.8, 4) is 5.75 Å². The maximum atomic E-state index is 11.1. The van der Waals surface area contributed by atoms with E-state index in [1.54, 1.807) is 7.11 Å². The molecule has 21 heavy (non-hydrogen) atoms. The summed E-state index contributed by atoms with van der Waals surface area (Å²) in [4.78, 5) is 13.3. The van der Waals surface area contributed by atoms with Gasteiger partial charge in [-0.1, -0.05) is 12.1 Å². The third-order valence-electron chi connectivity index (χ3n) is 3.74. The summed E-state index contributed by atoms with van der Waals surface area (Å²) in [5, 5.41) is 9.11. The van der Waals surface area contributed by atoms with E-state index in [0.29, 0.717) is 19.8 Å². The first-order chi connectivity index (χ1) is 10.2. The number of aliphatic carboxylic acids is 1. The van der Waals surface area contributed by atoms with Crippen LogP contribution in [0.1, 0.15) is 18.4 Å². The number of benzene rings is 1. The van der Waals surface area contributed by atoms with Gasteiger partial charge in [0.2, 0.25) is 0 Å². The normalized spacial score (nSPS) is 19.4. The second-order valence-electron chi connectivity index (χ2n) is 5.40. The molecule has 1 aliphatic rings. The van der Waals surface area contributed by atoms with Crippen LogP contribution in [-0.2, 0) is 16.1 Å². The van der Waals surface area contributed by atoms with Gasteiger partial charge in [-0.2, -0.15) is 0 Å². The standard InChI is InChI=1S/C16H23NO4/c1-20-9-10-21-15-6-4-13(5-7-15)11-17-8-2-3-14(12-17)16(18)19/h4-7,14H,2-3,8-12H2,1H3,(H,18,19). The Morgan fingerprint density at radius 2 is 2.10 bits per heavy atom. The summed E-state index contributed by atoms with van der Waals surface area (Å²) in [7, 11) is 1.65. The molecule has 5 heteroatoms. The van der Waals surface area contributed by atoms with Gasteiger partial charge in [-0.3, -0.25) is 9.69 Å². The van der Waals surface area contributed by atoms with Crippen LogP contribution < -0.4 is 4.74 Å². The Bertz CT molecular complexity index is 446. The molecule has 1 heterocycles. The van der Waals surface area contributed by atoms with E-state index in [2.05, 4.69) is 4.90 Å². The molecule has 0 saturated carbocycles. The van der Waals surface area contributed by atoms with Crippen LogP contribution in [0.4, 0.5) is 0 Å². The number of piperidine rings is 1. The number of carbonyl (C=O) groups is 1. The third-order valence-corrected chi connectivity index (χ3v) is 3.74. The number of hydrogen-bond acceptors (Lipinski definition) is 4. The maximum Gasteiger partial charge on any atom is 0.307 e. The van der Waals surface area contributed by atoms with E-state index < -0.39 is 5.97 Å². The topological polar surface area (TPSA) is 59.0 Å². The second-order valence-corrected chi connectivity index (χ2v) is 5.40. The summed E-state index contributed by atoms with van der Waals surface area (Å²) in [5.41, 5.74) is 1.18. The minimum Gasteiger partial charge on any atom is -0.491 e. The molecule has 1 fully saturated rings. The third kappa shape index (κ3) is 5.02. The highest BCUT2D eigenvalue weighted by atomic mass is 16.5. The van der Waals surface area contributed by atoms with Gasteiger partial charge in [0.15, 0.2) is 0 Å². The second kappa shape index (κ2) is 8.00. The average Bonchev–Trinajstić information content (AvgIpc) is 2.49. The predicted molar refractivity (Wildman–Crippen MR) is 79.4 cm³/mol. The summed E-state index contributed by atoms with van der Waals surface area (Å²) in [6, 6.07) is 7.96. The van der Waals surface area contributed by atoms with E-state index in [1.165, 1.54) is 5.56 Å². The fourth-order valence-electron chi connectivity index (χ4n) is 2.59. The molecule has 0 bridgehead atoms. The number of nitrogens with zero attached hydrogens (tertiary/aromatic N) is 1. The average molecular weight is 293 g/mol. The molecule has 0 spiro atoms. The van der Waals surface area contributed by atoms with E-state index >= 15 is 0 Å². The highest BCUT2D eigenvalue weighted by Crippen LogP contribution is 2.20. The van der Waals surface area contributed by atoms with Crippen molar-refractivity contribution in [2.75, 3.05) is 33.4 Å². The molecule has 1 aromatic rings. The Hall–Kier alpha value is -1.59. The Kier molecular flexibility index (Phi) is 6.02. The highest BCUT2D eigenvalue weighted by molar-refractivity contribution is 5.70. The number of carboxylic acids is 1. The first-order valence-electron chi connectivity index (χ1n) is 7.35. The minimum atomic E-state index is -0.679. The van der Waals surface area contributed by atoms with Crippen molar-refractivity contribution >= 4 is 5.97 Å². The molecule has 1 unspecified atom stereocenters. The highest BCUT2D eigenvalue weighted by Gasteiger charge is 2.25. The summed E-state index contributed by atoms with van der Waals surface area (Å²) in [5.74, 6) is -0.0742. The molecule has 0 radical (unpaired) electrons. The number of ether oxygens (including phenoxy) is 2. The van der Waals surface area contributed by atoms with Gasteiger partial charge in [-0.25, -0.2) is 0 Å². The number of methoxy groups -OCH3 is 1. The zero-order chi connectivity index (χ0) is 15.1. The Balaban J connectivity index is 1.83. The number of rotatable bonds is 7. The Morgan fingerprint density at radius 1 is 1.33 bits per heavy atom. The molecule has 1 atom stereocenters. The van der Waals surface area contributed by atoms with Gasteiger partial charge in [0.1, 0.15) is 12.4 Å². The van der Waals surface area contributed by atoms with Crippen LogP contribution in [0.5, 0.6) is 5.75 Å². The molecule has 1 N–H and O–H groups in total. The van der Waals surface area contributed by atoms with E-state index in [0.717, 1.165) is 31.7 Å². The van der Waals surface area contributed by atoms with Crippen molar-refractivity contribution in [1.29, 1.82) is 0 Å². The predicted octanol–water partition coefficient (Wildman–Crippen LogP) is 2.01. The first-order valence-corrected chi connectivity index (χ1v) is 7.35. The largest absolute Gasteiger partial charge is 0.491 e. The van der Waals surface area contributed by atoms with E-state index in [9.17, 15) is 4.79 Å². The molecule has 1 aromatic carbocycles. The molecule has 2 rings (SSSR count). The molecule has 116 valence electrons. The van der Waals surface area contributed by atoms with E-state index in [-0.39, 0.29) is 5.92 Å². The van der Waals surface area contributed by atoms with Crippen LogP contribution in [0.25, 0.3) is 0 Å². The Morgan fingerprint density at radius 3 is 2.76 bits per heavy atom. The number of likely N-dealkylation sites (tertiary alicyclic amines) is 1. The van der Waals surface area contributed by atoms with Crippen molar-refractivity contribution in [3.63, 3.8) is 0 Å². The van der Waals surface area contributed by atoms with E-state index in [4.69, 9.17) is 14.6 Å². The molecule has 0 amide bonds. The van der Waals surface area contributed by atoms with Crippen molar-refractivity contribution in [1.82, 2.24) is 4.90 Å². The lowest BCUT2D eigenvalue weighted by molar-refractivity contribution is -0.143. The van der Waals surface area contributed by atoms with Gasteiger partial charge < -0.3 is 14.6 Å². The summed E-state index contributed by atoms with van der Waals surface area (Å²) < 4.78 is 10.5. The molecule has 1 saturated heterocycles. The summed E-state index contributed by atoms with van der Waals surface area (Å²) in [6.45, 7) is 3.52. The Labute approximate surface area is 125 Å². The molecular formula is C16H23NO4. The summed E-state index contributed by atoms with van der Waals surface area (Å²) >= 11 is 0. The first kappa shape index (κ1) is 15.8. The van der Waals surface area contributed by atoms with Crippen LogP contribution in [0, 0.1) is 5.92 Å². The number of carboxylic acid groups (broad SMARTS) is 1. The number of hydrogen-bond donors (Lipinski definition) is 1.